The van der Waals surface area contributed by atoms with Crippen LogP contribution in [0.3, 0.4) is 0 Å². The van der Waals surface area contributed by atoms with E-state index >= 15 is 0 Å². The molecule has 4 nitrogen and oxygen atoms in total. The molecule has 0 saturated carbocycles. The molecule has 1 heterocycles. The molecule has 0 bridgehead atoms. The van der Waals surface area contributed by atoms with Crippen LogP contribution in [-0.2, 0) is 9.53 Å². The summed E-state index contributed by atoms with van der Waals surface area (Å²) in [5.41, 5.74) is 2.49. The van der Waals surface area contributed by atoms with Crippen LogP contribution < -0.4 is 5.32 Å². The molecule has 0 fully saturated rings. The molecule has 1 N–H and O–H groups in total. The molecule has 154 valence electrons. The monoisotopic (exact) mass is 479 g/mol. The molecule has 1 aromatic heterocycles. The number of halogens is 3. The van der Waals surface area contributed by atoms with Gasteiger partial charge in [0.25, 0.3) is 0 Å². The first-order valence-electron chi connectivity index (χ1n) is 8.87. The van der Waals surface area contributed by atoms with Crippen molar-refractivity contribution in [2.75, 3.05) is 11.9 Å². The fraction of sp³-hybridized carbons (Fsp3) is 0.0909. The second-order valence-corrected chi connectivity index (χ2v) is 8.21. The molecule has 1 amide bonds. The first kappa shape index (κ1) is 22.4. The highest BCUT2D eigenvalue weighted by molar-refractivity contribution is 7.15. The lowest BCUT2D eigenvalue weighted by Crippen LogP contribution is -2.12. The number of carbonyl (C=O) groups excluding carboxylic acids is 2. The van der Waals surface area contributed by atoms with E-state index in [0.29, 0.717) is 31.2 Å². The molecule has 0 aliphatic heterocycles. The van der Waals surface area contributed by atoms with Crippen LogP contribution in [0.5, 0.6) is 0 Å². The van der Waals surface area contributed by atoms with Gasteiger partial charge >= 0.3 is 5.97 Å². The van der Waals surface area contributed by atoms with Gasteiger partial charge in [-0.25, -0.2) is 4.79 Å². The molecule has 0 unspecified atom stereocenters. The molecule has 0 saturated heterocycles. The molecular weight excluding hydrogens is 465 g/mol. The van der Waals surface area contributed by atoms with Gasteiger partial charge in [0.15, 0.2) is 0 Å². The van der Waals surface area contributed by atoms with E-state index in [-0.39, 0.29) is 6.61 Å². The third kappa shape index (κ3) is 5.43. The third-order valence-electron chi connectivity index (χ3n) is 4.03. The zero-order valence-electron chi connectivity index (χ0n) is 15.7. The Hall–Kier alpha value is -2.31. The number of rotatable bonds is 6. The van der Waals surface area contributed by atoms with Gasteiger partial charge in [-0.2, -0.15) is 0 Å². The minimum atomic E-state index is -0.507. The van der Waals surface area contributed by atoms with E-state index in [1.54, 1.807) is 48.7 Å². The highest BCUT2D eigenvalue weighted by Gasteiger charge is 2.22. The lowest BCUT2D eigenvalue weighted by molar-refractivity contribution is -0.111. The topological polar surface area (TPSA) is 55.4 Å². The molecule has 0 atom stereocenters. The third-order valence-corrected chi connectivity index (χ3v) is 5.92. The molecule has 30 heavy (non-hydrogen) atoms. The first-order chi connectivity index (χ1) is 14.4. The number of amides is 1. The summed E-state index contributed by atoms with van der Waals surface area (Å²) in [5.74, 6) is -0.899. The van der Waals surface area contributed by atoms with Crippen molar-refractivity contribution >= 4 is 69.1 Å². The lowest BCUT2D eigenvalue weighted by atomic mass is 10.0. The molecule has 2 aromatic carbocycles. The maximum absolute atomic E-state index is 12.6. The van der Waals surface area contributed by atoms with E-state index in [4.69, 9.17) is 39.5 Å². The molecule has 8 heteroatoms. The predicted molar refractivity (Wildman–Crippen MR) is 125 cm³/mol. The van der Waals surface area contributed by atoms with Gasteiger partial charge in [0.1, 0.15) is 10.6 Å². The maximum atomic E-state index is 12.6. The zero-order chi connectivity index (χ0) is 21.7. The van der Waals surface area contributed by atoms with E-state index in [1.807, 2.05) is 12.1 Å². The van der Waals surface area contributed by atoms with Gasteiger partial charge in [-0.3, -0.25) is 4.79 Å². The number of carbonyl (C=O) groups is 2. The molecule has 0 radical (unpaired) electrons. The Kier molecular flexibility index (Phi) is 7.56. The fourth-order valence-electron chi connectivity index (χ4n) is 2.64. The Morgan fingerprint density at radius 2 is 1.80 bits per heavy atom. The van der Waals surface area contributed by atoms with E-state index in [9.17, 15) is 9.59 Å². The van der Waals surface area contributed by atoms with Crippen molar-refractivity contribution < 1.29 is 14.3 Å². The average molecular weight is 481 g/mol. The first-order valence-corrected chi connectivity index (χ1v) is 10.9. The number of ether oxygens (including phenoxy) is 1. The number of thiophene rings is 1. The minimum absolute atomic E-state index is 0.222. The van der Waals surface area contributed by atoms with Gasteiger partial charge in [-0.15, -0.1) is 11.3 Å². The number of hydrogen-bond donors (Lipinski definition) is 1. The molecule has 3 aromatic rings. The number of anilines is 1. The highest BCUT2D eigenvalue weighted by Crippen LogP contribution is 2.36. The van der Waals surface area contributed by atoms with Crippen LogP contribution in [0.4, 0.5) is 5.00 Å². The summed E-state index contributed by atoms with van der Waals surface area (Å²) in [6.45, 7) is 1.95. The largest absolute Gasteiger partial charge is 0.462 e. The van der Waals surface area contributed by atoms with Crippen molar-refractivity contribution in [2.45, 2.75) is 6.92 Å². The molecule has 3 rings (SSSR count). The van der Waals surface area contributed by atoms with Crippen molar-refractivity contribution in [3.8, 4) is 11.1 Å². The summed E-state index contributed by atoms with van der Waals surface area (Å²) in [4.78, 5) is 25.0. The Morgan fingerprint density at radius 1 is 1.07 bits per heavy atom. The SMILES string of the molecule is CCOC(=O)c1c(-c2ccc(Cl)cc2)csc1NC(=O)/C=C/c1ccc(Cl)c(Cl)c1. The molecule has 0 aliphatic rings. The van der Waals surface area contributed by atoms with Crippen LogP contribution in [0.1, 0.15) is 22.8 Å². The lowest BCUT2D eigenvalue weighted by Gasteiger charge is -2.08. The van der Waals surface area contributed by atoms with E-state index in [0.717, 1.165) is 11.1 Å². The van der Waals surface area contributed by atoms with Crippen LogP contribution in [0.25, 0.3) is 17.2 Å². The van der Waals surface area contributed by atoms with E-state index in [1.165, 1.54) is 17.4 Å². The van der Waals surface area contributed by atoms with Crippen LogP contribution in [0.2, 0.25) is 15.1 Å². The summed E-state index contributed by atoms with van der Waals surface area (Å²) >= 11 is 19.1. The zero-order valence-corrected chi connectivity index (χ0v) is 18.8. The van der Waals surface area contributed by atoms with Gasteiger partial charge in [-0.1, -0.05) is 53.0 Å². The van der Waals surface area contributed by atoms with Crippen LogP contribution in [0.15, 0.2) is 53.9 Å². The van der Waals surface area contributed by atoms with E-state index < -0.39 is 11.9 Å². The Bertz CT molecular complexity index is 1110. The fourth-order valence-corrected chi connectivity index (χ4v) is 4.03. The van der Waals surface area contributed by atoms with E-state index in [2.05, 4.69) is 5.32 Å². The standard InChI is InChI=1S/C22H16Cl3NO3S/c1-2-29-22(28)20-16(14-5-7-15(23)8-6-14)12-30-21(20)26-19(27)10-4-13-3-9-17(24)18(25)11-13/h3-12H,2H2,1H3,(H,26,27)/b10-4+. The van der Waals surface area contributed by atoms with Crippen LogP contribution in [-0.4, -0.2) is 18.5 Å². The summed E-state index contributed by atoms with van der Waals surface area (Å²) in [7, 11) is 0. The summed E-state index contributed by atoms with van der Waals surface area (Å²) in [6.07, 6.45) is 2.96. The highest BCUT2D eigenvalue weighted by atomic mass is 35.5. The van der Waals surface area contributed by atoms with Crippen molar-refractivity contribution in [2.24, 2.45) is 0 Å². The van der Waals surface area contributed by atoms with Gasteiger partial charge in [0, 0.05) is 22.0 Å². The smallest absolute Gasteiger partial charge is 0.341 e. The Labute approximate surface area is 193 Å². The minimum Gasteiger partial charge on any atom is -0.462 e. The summed E-state index contributed by atoms with van der Waals surface area (Å²) < 4.78 is 5.19. The van der Waals surface area contributed by atoms with Gasteiger partial charge in [0.2, 0.25) is 5.91 Å². The second-order valence-electron chi connectivity index (χ2n) is 6.08. The van der Waals surface area contributed by atoms with Gasteiger partial charge in [0.05, 0.1) is 16.7 Å². The van der Waals surface area contributed by atoms with Crippen molar-refractivity contribution in [1.29, 1.82) is 0 Å². The van der Waals surface area contributed by atoms with Crippen molar-refractivity contribution in [1.82, 2.24) is 0 Å². The average Bonchev–Trinajstić information content (AvgIpc) is 3.13. The normalized spacial score (nSPS) is 10.9. The Morgan fingerprint density at radius 3 is 2.47 bits per heavy atom. The molecule has 0 aliphatic carbocycles. The van der Waals surface area contributed by atoms with Crippen LogP contribution >= 0.6 is 46.1 Å². The number of esters is 1. The van der Waals surface area contributed by atoms with Gasteiger partial charge < -0.3 is 10.1 Å². The number of hydrogen-bond acceptors (Lipinski definition) is 4. The number of benzene rings is 2. The molecule has 0 spiro atoms. The van der Waals surface area contributed by atoms with Crippen LogP contribution in [0, 0.1) is 0 Å². The quantitative estimate of drug-likeness (QED) is 0.300. The number of nitrogens with one attached hydrogen (secondary N) is 1. The van der Waals surface area contributed by atoms with Crippen molar-refractivity contribution in [3.05, 3.63) is 80.1 Å². The Balaban J connectivity index is 1.86. The second kappa shape index (κ2) is 10.1. The van der Waals surface area contributed by atoms with Gasteiger partial charge in [-0.05, 0) is 48.4 Å². The van der Waals surface area contributed by atoms with Crippen molar-refractivity contribution in [3.63, 3.8) is 0 Å². The molecular formula is C22H16Cl3NO3S. The predicted octanol–water partition coefficient (Wildman–Crippen LogP) is 7.20. The maximum Gasteiger partial charge on any atom is 0.341 e. The summed E-state index contributed by atoms with van der Waals surface area (Å²) in [6, 6.07) is 12.1. The summed E-state index contributed by atoms with van der Waals surface area (Å²) in [5, 5.41) is 6.38.